The lowest BCUT2D eigenvalue weighted by molar-refractivity contribution is 1.17. The molecule has 0 saturated carbocycles. The maximum absolute atomic E-state index is 5.12. The van der Waals surface area contributed by atoms with E-state index in [0.717, 1.165) is 39.2 Å². The van der Waals surface area contributed by atoms with Crippen LogP contribution >= 0.6 is 11.3 Å². The summed E-state index contributed by atoms with van der Waals surface area (Å²) in [5, 5.41) is 6.26. The lowest BCUT2D eigenvalue weighted by atomic mass is 10.0. The van der Waals surface area contributed by atoms with Gasteiger partial charge in [-0.3, -0.25) is 0 Å². The van der Waals surface area contributed by atoms with Gasteiger partial charge < -0.3 is 4.57 Å². The number of aromatic nitrogens is 3. The number of rotatable bonds is 3. The third kappa shape index (κ3) is 3.46. The Morgan fingerprint density at radius 3 is 2.02 bits per heavy atom. The minimum atomic E-state index is 0.729. The van der Waals surface area contributed by atoms with E-state index >= 15 is 0 Å². The van der Waals surface area contributed by atoms with Gasteiger partial charge in [0, 0.05) is 53.1 Å². The van der Waals surface area contributed by atoms with Crippen molar-refractivity contribution in [3.8, 4) is 28.3 Å². The molecule has 9 aromatic rings. The lowest BCUT2D eigenvalue weighted by Crippen LogP contribution is -1.98. The van der Waals surface area contributed by atoms with Crippen molar-refractivity contribution in [2.45, 2.75) is 0 Å². The molecule has 0 atom stereocenters. The van der Waals surface area contributed by atoms with Crippen LogP contribution in [0.15, 0.2) is 140 Å². The van der Waals surface area contributed by atoms with Crippen molar-refractivity contribution in [1.29, 1.82) is 0 Å². The summed E-state index contributed by atoms with van der Waals surface area (Å²) in [6.07, 6.45) is 0. The largest absolute Gasteiger partial charge is 0.309 e. The number of thiophene rings is 1. The van der Waals surface area contributed by atoms with Crippen molar-refractivity contribution < 1.29 is 0 Å². The first kappa shape index (κ1) is 23.4. The molecule has 0 unspecified atom stereocenters. The van der Waals surface area contributed by atoms with E-state index in [1.807, 2.05) is 35.6 Å². The molecule has 0 spiro atoms. The van der Waals surface area contributed by atoms with Gasteiger partial charge in [0.15, 0.2) is 5.82 Å². The van der Waals surface area contributed by atoms with E-state index in [-0.39, 0.29) is 0 Å². The molecule has 3 aromatic heterocycles. The van der Waals surface area contributed by atoms with Gasteiger partial charge in [0.2, 0.25) is 0 Å². The number of para-hydroxylation sites is 1. The predicted molar refractivity (Wildman–Crippen MR) is 178 cm³/mol. The van der Waals surface area contributed by atoms with Crippen molar-refractivity contribution in [1.82, 2.24) is 14.5 Å². The molecule has 0 bridgehead atoms. The van der Waals surface area contributed by atoms with Crippen LogP contribution in [0.5, 0.6) is 0 Å². The van der Waals surface area contributed by atoms with Crippen LogP contribution in [0.2, 0.25) is 0 Å². The highest BCUT2D eigenvalue weighted by Crippen LogP contribution is 2.43. The van der Waals surface area contributed by atoms with Gasteiger partial charge >= 0.3 is 0 Å². The standard InChI is InChI=1S/C38H23N3S/c1-3-11-24(12-4-1)37-27-20-19-26(23-30(27)39-38(40-37)25-13-5-2-6-14-25)41-31-17-9-7-15-28(31)35-32(41)21-22-34-36(35)29-16-8-10-18-33(29)42-34/h1-23H. The zero-order chi connectivity index (χ0) is 27.6. The highest BCUT2D eigenvalue weighted by atomic mass is 32.1. The van der Waals surface area contributed by atoms with Gasteiger partial charge in [-0.2, -0.15) is 0 Å². The van der Waals surface area contributed by atoms with Crippen molar-refractivity contribution in [3.05, 3.63) is 140 Å². The van der Waals surface area contributed by atoms with Gasteiger partial charge in [-0.25, -0.2) is 9.97 Å². The second-order valence-electron chi connectivity index (χ2n) is 10.6. The number of hydrogen-bond acceptors (Lipinski definition) is 3. The van der Waals surface area contributed by atoms with Gasteiger partial charge in [-0.05, 0) is 42.5 Å². The molecule has 6 aromatic carbocycles. The minimum absolute atomic E-state index is 0.729. The first-order valence-corrected chi connectivity index (χ1v) is 14.9. The molecule has 196 valence electrons. The normalized spacial score (nSPS) is 11.8. The quantitative estimate of drug-likeness (QED) is 0.218. The van der Waals surface area contributed by atoms with Crippen LogP contribution in [-0.4, -0.2) is 14.5 Å². The fourth-order valence-electron chi connectivity index (χ4n) is 6.34. The minimum Gasteiger partial charge on any atom is -0.309 e. The molecule has 3 nitrogen and oxygen atoms in total. The zero-order valence-corrected chi connectivity index (χ0v) is 23.3. The SMILES string of the molecule is c1ccc(-c2nc(-c3ccccc3)c3ccc(-n4c5ccccc5c5c6c(ccc54)sc4ccccc46)cc3n2)cc1. The second-order valence-corrected chi connectivity index (χ2v) is 11.7. The number of benzene rings is 6. The topological polar surface area (TPSA) is 30.7 Å². The molecule has 4 heteroatoms. The van der Waals surface area contributed by atoms with Crippen LogP contribution in [0.3, 0.4) is 0 Å². The Hall–Kier alpha value is -5.32. The zero-order valence-electron chi connectivity index (χ0n) is 22.5. The average molecular weight is 554 g/mol. The Kier molecular flexibility index (Phi) is 5.07. The lowest BCUT2D eigenvalue weighted by Gasteiger charge is -2.13. The fourth-order valence-corrected chi connectivity index (χ4v) is 7.46. The molecule has 0 saturated heterocycles. The van der Waals surface area contributed by atoms with Crippen LogP contribution in [0.1, 0.15) is 0 Å². The monoisotopic (exact) mass is 553 g/mol. The molecular formula is C38H23N3S. The van der Waals surface area contributed by atoms with Gasteiger partial charge in [0.1, 0.15) is 0 Å². The number of nitrogens with zero attached hydrogens (tertiary/aromatic N) is 3. The van der Waals surface area contributed by atoms with Gasteiger partial charge in [0.05, 0.1) is 22.2 Å². The summed E-state index contributed by atoms with van der Waals surface area (Å²) >= 11 is 1.86. The van der Waals surface area contributed by atoms with Gasteiger partial charge in [-0.15, -0.1) is 11.3 Å². The maximum Gasteiger partial charge on any atom is 0.160 e. The molecule has 0 aliphatic heterocycles. The Morgan fingerprint density at radius 1 is 0.476 bits per heavy atom. The average Bonchev–Trinajstić information content (AvgIpc) is 3.60. The predicted octanol–water partition coefficient (Wildman–Crippen LogP) is 10.4. The highest BCUT2D eigenvalue weighted by Gasteiger charge is 2.19. The first-order valence-electron chi connectivity index (χ1n) is 14.1. The molecule has 9 rings (SSSR count). The molecule has 0 aliphatic carbocycles. The molecular weight excluding hydrogens is 531 g/mol. The summed E-state index contributed by atoms with van der Waals surface area (Å²) in [4.78, 5) is 10.2. The van der Waals surface area contributed by atoms with E-state index in [0.29, 0.717) is 0 Å². The third-order valence-electron chi connectivity index (χ3n) is 8.19. The van der Waals surface area contributed by atoms with Crippen LogP contribution in [0.25, 0.3) is 81.2 Å². The Bertz CT molecular complexity index is 2460. The second kappa shape index (κ2) is 9.10. The van der Waals surface area contributed by atoms with Crippen molar-refractivity contribution in [3.63, 3.8) is 0 Å². The number of fused-ring (bicyclic) bond motifs is 8. The van der Waals surface area contributed by atoms with Crippen LogP contribution in [-0.2, 0) is 0 Å². The molecule has 0 radical (unpaired) electrons. The summed E-state index contributed by atoms with van der Waals surface area (Å²) in [6.45, 7) is 0. The van der Waals surface area contributed by atoms with E-state index in [4.69, 9.17) is 9.97 Å². The van der Waals surface area contributed by atoms with E-state index in [2.05, 4.69) is 120 Å². The Labute approximate surface area is 246 Å². The maximum atomic E-state index is 5.12. The highest BCUT2D eigenvalue weighted by molar-refractivity contribution is 7.26. The van der Waals surface area contributed by atoms with Gasteiger partial charge in [0.25, 0.3) is 0 Å². The summed E-state index contributed by atoms with van der Waals surface area (Å²) in [6, 6.07) is 49.3. The smallest absolute Gasteiger partial charge is 0.160 e. The third-order valence-corrected chi connectivity index (χ3v) is 9.33. The summed E-state index contributed by atoms with van der Waals surface area (Å²) in [5.74, 6) is 0.729. The number of hydrogen-bond donors (Lipinski definition) is 0. The molecule has 3 heterocycles. The molecule has 42 heavy (non-hydrogen) atoms. The van der Waals surface area contributed by atoms with Crippen LogP contribution in [0.4, 0.5) is 0 Å². The van der Waals surface area contributed by atoms with Gasteiger partial charge in [-0.1, -0.05) is 97.1 Å². The molecule has 0 aliphatic rings. The van der Waals surface area contributed by atoms with Crippen molar-refractivity contribution in [2.24, 2.45) is 0 Å². The summed E-state index contributed by atoms with van der Waals surface area (Å²) in [5.41, 5.74) is 7.43. The Morgan fingerprint density at radius 2 is 1.19 bits per heavy atom. The Balaban J connectivity index is 1.36. The fraction of sp³-hybridized carbons (Fsp3) is 0. The van der Waals surface area contributed by atoms with E-state index in [9.17, 15) is 0 Å². The van der Waals surface area contributed by atoms with Crippen molar-refractivity contribution in [2.75, 3.05) is 0 Å². The summed E-state index contributed by atoms with van der Waals surface area (Å²) in [7, 11) is 0. The molecule has 0 N–H and O–H groups in total. The first-order chi connectivity index (χ1) is 20.8. The van der Waals surface area contributed by atoms with Crippen LogP contribution < -0.4 is 0 Å². The molecule has 0 fully saturated rings. The van der Waals surface area contributed by atoms with Crippen LogP contribution in [0, 0.1) is 0 Å². The van der Waals surface area contributed by atoms with Crippen molar-refractivity contribution >= 4 is 64.2 Å². The van der Waals surface area contributed by atoms with E-state index < -0.39 is 0 Å². The van der Waals surface area contributed by atoms with E-state index in [1.165, 1.54) is 42.0 Å². The molecule has 0 amide bonds. The summed E-state index contributed by atoms with van der Waals surface area (Å²) < 4.78 is 5.03. The van der Waals surface area contributed by atoms with E-state index in [1.54, 1.807) is 0 Å².